The first-order chi connectivity index (χ1) is 10.1. The van der Waals surface area contributed by atoms with Crippen LogP contribution in [0.1, 0.15) is 22.2 Å². The smallest absolute Gasteiger partial charge is 0.339 e. The van der Waals surface area contributed by atoms with Gasteiger partial charge in [0.15, 0.2) is 0 Å². The molecule has 5 nitrogen and oxygen atoms in total. The van der Waals surface area contributed by atoms with Crippen molar-refractivity contribution >= 4 is 34.6 Å². The molecule has 0 bridgehead atoms. The molecule has 2 N–H and O–H groups in total. The van der Waals surface area contributed by atoms with Crippen molar-refractivity contribution in [2.75, 3.05) is 17.7 Å². The van der Waals surface area contributed by atoms with Gasteiger partial charge in [-0.2, -0.15) is 0 Å². The summed E-state index contributed by atoms with van der Waals surface area (Å²) in [6.45, 7) is 1.99. The SMILES string of the molecule is COC(=O)c1ccccc1NCc1sccc1NC(C)=O. The molecule has 1 aromatic heterocycles. The largest absolute Gasteiger partial charge is 0.465 e. The summed E-state index contributed by atoms with van der Waals surface area (Å²) in [6.07, 6.45) is 0. The molecule has 0 aliphatic carbocycles. The second-order valence-corrected chi connectivity index (χ2v) is 5.33. The fourth-order valence-electron chi connectivity index (χ4n) is 1.88. The molecule has 2 aromatic rings. The first-order valence-corrected chi connectivity index (χ1v) is 7.25. The van der Waals surface area contributed by atoms with Crippen LogP contribution in [-0.4, -0.2) is 19.0 Å². The molecule has 0 radical (unpaired) electrons. The van der Waals surface area contributed by atoms with Crippen LogP contribution < -0.4 is 10.6 Å². The van der Waals surface area contributed by atoms with E-state index in [0.717, 1.165) is 10.6 Å². The Labute approximate surface area is 126 Å². The van der Waals surface area contributed by atoms with E-state index < -0.39 is 0 Å². The van der Waals surface area contributed by atoms with Gasteiger partial charge in [0, 0.05) is 17.5 Å². The fraction of sp³-hybridized carbons (Fsp3) is 0.200. The Morgan fingerprint density at radius 3 is 2.67 bits per heavy atom. The van der Waals surface area contributed by atoms with Crippen molar-refractivity contribution in [2.24, 2.45) is 0 Å². The molecule has 0 unspecified atom stereocenters. The maximum Gasteiger partial charge on any atom is 0.339 e. The predicted molar refractivity (Wildman–Crippen MR) is 83.7 cm³/mol. The van der Waals surface area contributed by atoms with Gasteiger partial charge in [-0.1, -0.05) is 12.1 Å². The summed E-state index contributed by atoms with van der Waals surface area (Å²) < 4.78 is 4.76. The minimum atomic E-state index is -0.383. The Morgan fingerprint density at radius 1 is 1.19 bits per heavy atom. The molecule has 0 fully saturated rings. The number of hydrogen-bond acceptors (Lipinski definition) is 5. The average Bonchev–Trinajstić information content (AvgIpc) is 2.91. The van der Waals surface area contributed by atoms with Gasteiger partial charge in [0.1, 0.15) is 0 Å². The van der Waals surface area contributed by atoms with Gasteiger partial charge in [0.25, 0.3) is 0 Å². The lowest BCUT2D eigenvalue weighted by atomic mass is 10.2. The number of benzene rings is 1. The molecular formula is C15H16N2O3S. The molecule has 6 heteroatoms. The number of nitrogens with one attached hydrogen (secondary N) is 2. The van der Waals surface area contributed by atoms with Gasteiger partial charge in [0.05, 0.1) is 24.9 Å². The van der Waals surface area contributed by atoms with Gasteiger partial charge >= 0.3 is 5.97 Å². The minimum Gasteiger partial charge on any atom is -0.465 e. The zero-order chi connectivity index (χ0) is 15.2. The minimum absolute atomic E-state index is 0.107. The zero-order valence-corrected chi connectivity index (χ0v) is 12.6. The molecule has 110 valence electrons. The van der Waals surface area contributed by atoms with Gasteiger partial charge < -0.3 is 15.4 Å². The van der Waals surface area contributed by atoms with Crippen LogP contribution in [0.5, 0.6) is 0 Å². The lowest BCUT2D eigenvalue weighted by Gasteiger charge is -2.11. The molecule has 0 aliphatic heterocycles. The fourth-order valence-corrected chi connectivity index (χ4v) is 2.65. The van der Waals surface area contributed by atoms with Crippen molar-refractivity contribution in [3.8, 4) is 0 Å². The van der Waals surface area contributed by atoms with Crippen LogP contribution in [0.15, 0.2) is 35.7 Å². The van der Waals surface area contributed by atoms with Crippen molar-refractivity contribution in [3.63, 3.8) is 0 Å². The molecule has 0 aliphatic rings. The average molecular weight is 304 g/mol. The van der Waals surface area contributed by atoms with Crippen LogP contribution in [0, 0.1) is 0 Å². The highest BCUT2D eigenvalue weighted by Crippen LogP contribution is 2.24. The van der Waals surface area contributed by atoms with Crippen molar-refractivity contribution in [1.82, 2.24) is 0 Å². The van der Waals surface area contributed by atoms with E-state index in [9.17, 15) is 9.59 Å². The molecule has 0 atom stereocenters. The number of ether oxygens (including phenoxy) is 1. The molecule has 1 heterocycles. The van der Waals surface area contributed by atoms with Crippen LogP contribution in [0.3, 0.4) is 0 Å². The number of methoxy groups -OCH3 is 1. The summed E-state index contributed by atoms with van der Waals surface area (Å²) in [5, 5.41) is 7.89. The van der Waals surface area contributed by atoms with Gasteiger partial charge in [0.2, 0.25) is 5.91 Å². The molecule has 1 amide bonds. The summed E-state index contributed by atoms with van der Waals surface area (Å²) in [7, 11) is 1.35. The second-order valence-electron chi connectivity index (χ2n) is 4.33. The molecule has 1 aromatic carbocycles. The van der Waals surface area contributed by atoms with E-state index in [1.165, 1.54) is 25.4 Å². The third kappa shape index (κ3) is 3.82. The Balaban J connectivity index is 2.12. The van der Waals surface area contributed by atoms with E-state index in [-0.39, 0.29) is 11.9 Å². The second kappa shape index (κ2) is 6.90. The number of rotatable bonds is 5. The summed E-state index contributed by atoms with van der Waals surface area (Å²) in [6, 6.07) is 9.01. The summed E-state index contributed by atoms with van der Waals surface area (Å²) >= 11 is 1.54. The monoisotopic (exact) mass is 304 g/mol. The van der Waals surface area contributed by atoms with Crippen molar-refractivity contribution < 1.29 is 14.3 Å². The van der Waals surface area contributed by atoms with Gasteiger partial charge in [-0.25, -0.2) is 4.79 Å². The van der Waals surface area contributed by atoms with E-state index in [0.29, 0.717) is 17.8 Å². The number of hydrogen-bond donors (Lipinski definition) is 2. The molecule has 0 saturated heterocycles. The Kier molecular flexibility index (Phi) is 4.94. The topological polar surface area (TPSA) is 67.4 Å². The molecular weight excluding hydrogens is 288 g/mol. The van der Waals surface area contributed by atoms with Crippen LogP contribution in [0.4, 0.5) is 11.4 Å². The summed E-state index contributed by atoms with van der Waals surface area (Å²) in [5.41, 5.74) is 1.97. The number of carbonyl (C=O) groups is 2. The highest BCUT2D eigenvalue weighted by atomic mass is 32.1. The highest BCUT2D eigenvalue weighted by Gasteiger charge is 2.12. The number of carbonyl (C=O) groups excluding carboxylic acids is 2. The number of thiophene rings is 1. The predicted octanol–water partition coefficient (Wildman–Crippen LogP) is 3.11. The Hall–Kier alpha value is -2.34. The first-order valence-electron chi connectivity index (χ1n) is 6.37. The van der Waals surface area contributed by atoms with Crippen molar-refractivity contribution in [3.05, 3.63) is 46.2 Å². The van der Waals surface area contributed by atoms with Crippen molar-refractivity contribution in [2.45, 2.75) is 13.5 Å². The van der Waals surface area contributed by atoms with Crippen LogP contribution in [-0.2, 0) is 16.1 Å². The molecule has 21 heavy (non-hydrogen) atoms. The zero-order valence-electron chi connectivity index (χ0n) is 11.8. The van der Waals surface area contributed by atoms with Crippen LogP contribution >= 0.6 is 11.3 Å². The molecule has 0 spiro atoms. The van der Waals surface area contributed by atoms with Crippen LogP contribution in [0.25, 0.3) is 0 Å². The Morgan fingerprint density at radius 2 is 1.95 bits per heavy atom. The molecule has 2 rings (SSSR count). The molecule has 0 saturated carbocycles. The van der Waals surface area contributed by atoms with E-state index in [4.69, 9.17) is 4.74 Å². The number of esters is 1. The van der Waals surface area contributed by atoms with E-state index in [2.05, 4.69) is 10.6 Å². The maximum absolute atomic E-state index is 11.7. The van der Waals surface area contributed by atoms with Gasteiger partial charge in [-0.15, -0.1) is 11.3 Å². The first kappa shape index (κ1) is 15.1. The van der Waals surface area contributed by atoms with Gasteiger partial charge in [-0.3, -0.25) is 4.79 Å². The standard InChI is InChI=1S/C15H16N2O3S/c1-10(18)17-13-7-8-21-14(13)9-16-12-6-4-3-5-11(12)15(19)20-2/h3-8,16H,9H2,1-2H3,(H,17,18). The lowest BCUT2D eigenvalue weighted by molar-refractivity contribution is -0.114. The van der Waals surface area contributed by atoms with Crippen LogP contribution in [0.2, 0.25) is 0 Å². The Bertz CT molecular complexity index is 652. The quantitative estimate of drug-likeness (QED) is 0.833. The van der Waals surface area contributed by atoms with Crippen molar-refractivity contribution in [1.29, 1.82) is 0 Å². The number of amides is 1. The third-order valence-corrected chi connectivity index (χ3v) is 3.75. The number of anilines is 2. The summed E-state index contributed by atoms with van der Waals surface area (Å²) in [4.78, 5) is 23.8. The third-order valence-electron chi connectivity index (χ3n) is 2.83. The van der Waals surface area contributed by atoms with Gasteiger partial charge in [-0.05, 0) is 23.6 Å². The number of para-hydroxylation sites is 1. The maximum atomic E-state index is 11.7. The normalized spacial score (nSPS) is 10.0. The van der Waals surface area contributed by atoms with E-state index in [1.54, 1.807) is 12.1 Å². The van der Waals surface area contributed by atoms with E-state index in [1.807, 2.05) is 23.6 Å². The summed E-state index contributed by atoms with van der Waals surface area (Å²) in [5.74, 6) is -0.490. The van der Waals surface area contributed by atoms with E-state index >= 15 is 0 Å². The highest BCUT2D eigenvalue weighted by molar-refractivity contribution is 7.10. The lowest BCUT2D eigenvalue weighted by Crippen LogP contribution is -2.10.